The molecular formula is C19H19F2NO. The van der Waals surface area contributed by atoms with E-state index in [0.29, 0.717) is 12.6 Å². The maximum absolute atomic E-state index is 13.9. The minimum atomic E-state index is -0.894. The first-order valence-corrected chi connectivity index (χ1v) is 8.13. The van der Waals surface area contributed by atoms with E-state index >= 15 is 0 Å². The van der Waals surface area contributed by atoms with Gasteiger partial charge in [0.15, 0.2) is 5.72 Å². The monoisotopic (exact) mass is 315 g/mol. The average molecular weight is 315 g/mol. The largest absolute Gasteiger partial charge is 0.350 e. The Morgan fingerprint density at radius 2 is 1.61 bits per heavy atom. The number of benzene rings is 2. The molecule has 2 aromatic rings. The topological polar surface area (TPSA) is 12.5 Å². The van der Waals surface area contributed by atoms with Gasteiger partial charge in [0, 0.05) is 23.7 Å². The van der Waals surface area contributed by atoms with Crippen molar-refractivity contribution in [2.24, 2.45) is 0 Å². The molecule has 1 unspecified atom stereocenters. The van der Waals surface area contributed by atoms with E-state index in [1.165, 1.54) is 30.7 Å². The zero-order chi connectivity index (χ0) is 15.9. The summed E-state index contributed by atoms with van der Waals surface area (Å²) in [4.78, 5) is 2.28. The smallest absolute Gasteiger partial charge is 0.174 e. The minimum absolute atomic E-state index is 0.301. The SMILES string of the molecule is Fc1cccc(C2(c3cccc(F)c3)OCC3CCCCN32)c1. The van der Waals surface area contributed by atoms with Gasteiger partial charge in [-0.2, -0.15) is 0 Å². The average Bonchev–Trinajstić information content (AvgIpc) is 2.95. The normalized spacial score (nSPS) is 23.7. The lowest BCUT2D eigenvalue weighted by Gasteiger charge is -2.42. The van der Waals surface area contributed by atoms with Crippen LogP contribution >= 0.6 is 0 Å². The summed E-state index contributed by atoms with van der Waals surface area (Å²) >= 11 is 0. The van der Waals surface area contributed by atoms with Gasteiger partial charge in [-0.25, -0.2) is 8.78 Å². The molecule has 0 radical (unpaired) electrons. The molecule has 0 N–H and O–H groups in total. The predicted molar refractivity (Wildman–Crippen MR) is 83.9 cm³/mol. The van der Waals surface area contributed by atoms with Crippen LogP contribution in [0, 0.1) is 11.6 Å². The van der Waals surface area contributed by atoms with E-state index in [2.05, 4.69) is 4.90 Å². The number of rotatable bonds is 2. The lowest BCUT2D eigenvalue weighted by molar-refractivity contribution is -0.0608. The summed E-state index contributed by atoms with van der Waals surface area (Å²) < 4.78 is 34.0. The fourth-order valence-corrected chi connectivity index (χ4v) is 3.95. The van der Waals surface area contributed by atoms with Gasteiger partial charge in [-0.3, -0.25) is 4.90 Å². The molecule has 0 aliphatic carbocycles. The van der Waals surface area contributed by atoms with E-state index in [1.54, 1.807) is 12.1 Å². The molecule has 0 spiro atoms. The molecule has 2 saturated heterocycles. The number of hydrogen-bond acceptors (Lipinski definition) is 2. The summed E-state index contributed by atoms with van der Waals surface area (Å²) in [6, 6.07) is 13.3. The van der Waals surface area contributed by atoms with Crippen LogP contribution in [0.5, 0.6) is 0 Å². The van der Waals surface area contributed by atoms with Gasteiger partial charge in [0.25, 0.3) is 0 Å². The van der Waals surface area contributed by atoms with Gasteiger partial charge in [0.05, 0.1) is 6.61 Å². The Kier molecular flexibility index (Phi) is 3.66. The summed E-state index contributed by atoms with van der Waals surface area (Å²) in [6.45, 7) is 1.46. The van der Waals surface area contributed by atoms with Crippen LogP contribution in [0.3, 0.4) is 0 Å². The second-order valence-corrected chi connectivity index (χ2v) is 6.32. The highest BCUT2D eigenvalue weighted by Crippen LogP contribution is 2.45. The van der Waals surface area contributed by atoms with Crippen LogP contribution in [0.25, 0.3) is 0 Å². The number of piperidine rings is 1. The molecule has 0 amide bonds. The second kappa shape index (κ2) is 5.69. The summed E-state index contributed by atoms with van der Waals surface area (Å²) in [5, 5.41) is 0. The van der Waals surface area contributed by atoms with Gasteiger partial charge < -0.3 is 4.74 Å². The van der Waals surface area contributed by atoms with Crippen molar-refractivity contribution in [2.75, 3.05) is 13.2 Å². The van der Waals surface area contributed by atoms with Gasteiger partial charge in [-0.15, -0.1) is 0 Å². The van der Waals surface area contributed by atoms with Crippen LogP contribution in [0.1, 0.15) is 30.4 Å². The quantitative estimate of drug-likeness (QED) is 0.829. The van der Waals surface area contributed by atoms with Gasteiger partial charge in [-0.1, -0.05) is 30.7 Å². The van der Waals surface area contributed by atoms with Crippen LogP contribution in [-0.4, -0.2) is 24.1 Å². The summed E-state index contributed by atoms with van der Waals surface area (Å²) in [6.07, 6.45) is 3.31. The Bertz CT molecular complexity index is 673. The number of ether oxygens (including phenoxy) is 1. The molecule has 4 rings (SSSR count). The summed E-state index contributed by atoms with van der Waals surface area (Å²) in [5.41, 5.74) is 0.565. The van der Waals surface area contributed by atoms with E-state index in [0.717, 1.165) is 30.5 Å². The van der Waals surface area contributed by atoms with Crippen molar-refractivity contribution >= 4 is 0 Å². The number of hydrogen-bond donors (Lipinski definition) is 0. The van der Waals surface area contributed by atoms with Crippen molar-refractivity contribution in [3.05, 3.63) is 71.3 Å². The first-order chi connectivity index (χ1) is 11.2. The fraction of sp³-hybridized carbons (Fsp3) is 0.368. The van der Waals surface area contributed by atoms with E-state index in [9.17, 15) is 8.78 Å². The zero-order valence-electron chi connectivity index (χ0n) is 12.8. The Hall–Kier alpha value is -1.78. The van der Waals surface area contributed by atoms with E-state index in [1.807, 2.05) is 12.1 Å². The molecule has 2 nitrogen and oxygen atoms in total. The summed E-state index contributed by atoms with van der Waals surface area (Å²) in [5.74, 6) is -0.607. The minimum Gasteiger partial charge on any atom is -0.350 e. The van der Waals surface area contributed by atoms with Crippen LogP contribution < -0.4 is 0 Å². The van der Waals surface area contributed by atoms with E-state index < -0.39 is 5.72 Å². The third kappa shape index (κ3) is 2.37. The third-order valence-corrected chi connectivity index (χ3v) is 4.95. The number of fused-ring (bicyclic) bond motifs is 1. The first-order valence-electron chi connectivity index (χ1n) is 8.13. The molecule has 23 heavy (non-hydrogen) atoms. The van der Waals surface area contributed by atoms with Crippen LogP contribution in [-0.2, 0) is 10.5 Å². The Morgan fingerprint density at radius 3 is 2.22 bits per heavy atom. The lowest BCUT2D eigenvalue weighted by Crippen LogP contribution is -2.49. The number of nitrogens with zero attached hydrogens (tertiary/aromatic N) is 1. The predicted octanol–water partition coefficient (Wildman–Crippen LogP) is 4.05. The summed E-state index contributed by atoms with van der Waals surface area (Å²) in [7, 11) is 0. The molecule has 2 heterocycles. The molecular weight excluding hydrogens is 296 g/mol. The van der Waals surface area contributed by atoms with Gasteiger partial charge in [0.2, 0.25) is 0 Å². The molecule has 2 fully saturated rings. The maximum atomic E-state index is 13.9. The van der Waals surface area contributed by atoms with E-state index in [4.69, 9.17) is 4.74 Å². The Morgan fingerprint density at radius 1 is 0.957 bits per heavy atom. The van der Waals surface area contributed by atoms with Crippen molar-refractivity contribution in [2.45, 2.75) is 31.0 Å². The maximum Gasteiger partial charge on any atom is 0.174 e. The van der Waals surface area contributed by atoms with Gasteiger partial charge >= 0.3 is 0 Å². The highest BCUT2D eigenvalue weighted by molar-refractivity contribution is 5.38. The highest BCUT2D eigenvalue weighted by atomic mass is 19.1. The molecule has 1 atom stereocenters. The van der Waals surface area contributed by atoms with Crippen LogP contribution in [0.15, 0.2) is 48.5 Å². The molecule has 2 aliphatic rings. The third-order valence-electron chi connectivity index (χ3n) is 4.95. The van der Waals surface area contributed by atoms with Gasteiger partial charge in [0.1, 0.15) is 11.6 Å². The van der Waals surface area contributed by atoms with Gasteiger partial charge in [-0.05, 0) is 37.1 Å². The Labute approximate surface area is 134 Å². The molecule has 0 bridgehead atoms. The molecule has 0 saturated carbocycles. The van der Waals surface area contributed by atoms with Crippen LogP contribution in [0.4, 0.5) is 8.78 Å². The molecule has 120 valence electrons. The highest BCUT2D eigenvalue weighted by Gasteiger charge is 2.51. The molecule has 0 aromatic heterocycles. The van der Waals surface area contributed by atoms with E-state index in [-0.39, 0.29) is 11.6 Å². The van der Waals surface area contributed by atoms with Crippen LogP contribution in [0.2, 0.25) is 0 Å². The van der Waals surface area contributed by atoms with Crippen molar-refractivity contribution < 1.29 is 13.5 Å². The molecule has 2 aromatic carbocycles. The number of halogens is 2. The fourth-order valence-electron chi connectivity index (χ4n) is 3.95. The Balaban J connectivity index is 1.90. The second-order valence-electron chi connectivity index (χ2n) is 6.32. The lowest BCUT2D eigenvalue weighted by atomic mass is 9.90. The van der Waals surface area contributed by atoms with Crippen molar-refractivity contribution in [3.8, 4) is 0 Å². The van der Waals surface area contributed by atoms with Crippen molar-refractivity contribution in [3.63, 3.8) is 0 Å². The van der Waals surface area contributed by atoms with Crippen molar-refractivity contribution in [1.29, 1.82) is 0 Å². The zero-order valence-corrected chi connectivity index (χ0v) is 12.8. The molecule has 2 aliphatic heterocycles. The standard InChI is InChI=1S/C19H19F2NO/c20-16-7-3-5-14(11-16)19(15-6-4-8-17(21)12-15)22-10-2-1-9-18(22)13-23-19/h3-8,11-12,18H,1-2,9-10,13H2. The first kappa shape index (κ1) is 14.8. The van der Waals surface area contributed by atoms with Crippen molar-refractivity contribution in [1.82, 2.24) is 4.90 Å². The molecule has 4 heteroatoms.